The van der Waals surface area contributed by atoms with Crippen LogP contribution < -0.4 is 5.73 Å². The van der Waals surface area contributed by atoms with E-state index in [1.165, 1.54) is 6.33 Å². The summed E-state index contributed by atoms with van der Waals surface area (Å²) in [7, 11) is 0. The Hall–Kier alpha value is -0.610. The maximum Gasteiger partial charge on any atom is 0.137 e. The topological polar surface area (TPSA) is 56.7 Å². The fraction of sp³-hybridized carbons (Fsp3) is 0.600. The molecule has 0 amide bonds. The SMILES string of the molecule is CC(CN)n1cncn1.Cl. The van der Waals surface area contributed by atoms with E-state index in [9.17, 15) is 0 Å². The monoisotopic (exact) mass is 162 g/mol. The quantitative estimate of drug-likeness (QED) is 0.677. The lowest BCUT2D eigenvalue weighted by atomic mass is 10.4. The molecule has 1 aromatic rings. The Kier molecular flexibility index (Phi) is 3.99. The van der Waals surface area contributed by atoms with Gasteiger partial charge in [-0.25, -0.2) is 9.67 Å². The summed E-state index contributed by atoms with van der Waals surface area (Å²) in [6.45, 7) is 2.60. The molecule has 0 fully saturated rings. The summed E-state index contributed by atoms with van der Waals surface area (Å²) < 4.78 is 1.74. The van der Waals surface area contributed by atoms with Crippen LogP contribution in [-0.2, 0) is 0 Å². The Bertz CT molecular complexity index is 162. The molecule has 5 heteroatoms. The molecule has 0 spiro atoms. The molecule has 58 valence electrons. The molecule has 1 rings (SSSR count). The summed E-state index contributed by atoms with van der Waals surface area (Å²) in [6.07, 6.45) is 3.17. The molecule has 0 saturated heterocycles. The van der Waals surface area contributed by atoms with Gasteiger partial charge in [0, 0.05) is 6.54 Å². The standard InChI is InChI=1S/C5H10N4.ClH/c1-5(2-6)9-4-7-3-8-9;/h3-5H,2,6H2,1H3;1H. The number of nitrogens with zero attached hydrogens (tertiary/aromatic N) is 3. The molecule has 0 aliphatic carbocycles. The van der Waals surface area contributed by atoms with Crippen molar-refractivity contribution in [2.45, 2.75) is 13.0 Å². The molecule has 1 heterocycles. The van der Waals surface area contributed by atoms with Crippen LogP contribution in [0, 0.1) is 0 Å². The van der Waals surface area contributed by atoms with E-state index in [4.69, 9.17) is 5.73 Å². The number of aromatic nitrogens is 3. The number of hydrogen-bond acceptors (Lipinski definition) is 3. The zero-order valence-corrected chi connectivity index (χ0v) is 6.58. The van der Waals surface area contributed by atoms with Crippen LogP contribution in [0.2, 0.25) is 0 Å². The first kappa shape index (κ1) is 9.39. The van der Waals surface area contributed by atoms with Gasteiger partial charge in [0.1, 0.15) is 12.7 Å². The minimum absolute atomic E-state index is 0. The van der Waals surface area contributed by atoms with Crippen molar-refractivity contribution in [1.82, 2.24) is 14.8 Å². The molecule has 10 heavy (non-hydrogen) atoms. The van der Waals surface area contributed by atoms with Gasteiger partial charge in [0.05, 0.1) is 6.04 Å². The Morgan fingerprint density at radius 2 is 2.40 bits per heavy atom. The largest absolute Gasteiger partial charge is 0.328 e. The summed E-state index contributed by atoms with van der Waals surface area (Å²) in [6, 6.07) is 0.257. The van der Waals surface area contributed by atoms with Gasteiger partial charge in [0.2, 0.25) is 0 Å². The van der Waals surface area contributed by atoms with Crippen molar-refractivity contribution in [3.63, 3.8) is 0 Å². The number of halogens is 1. The molecule has 0 radical (unpaired) electrons. The predicted octanol–water partition coefficient (Wildman–Crippen LogP) is 0.220. The van der Waals surface area contributed by atoms with E-state index in [0.717, 1.165) is 0 Å². The molecule has 1 atom stereocenters. The second-order valence-electron chi connectivity index (χ2n) is 1.96. The average Bonchev–Trinajstić information content (AvgIpc) is 2.37. The van der Waals surface area contributed by atoms with Gasteiger partial charge in [-0.2, -0.15) is 5.10 Å². The van der Waals surface area contributed by atoms with Crippen molar-refractivity contribution in [1.29, 1.82) is 0 Å². The van der Waals surface area contributed by atoms with Gasteiger partial charge in [0.15, 0.2) is 0 Å². The smallest absolute Gasteiger partial charge is 0.137 e. The summed E-state index contributed by atoms with van der Waals surface area (Å²) in [4.78, 5) is 3.79. The molecule has 2 N–H and O–H groups in total. The van der Waals surface area contributed by atoms with Crippen molar-refractivity contribution >= 4 is 12.4 Å². The zero-order valence-electron chi connectivity index (χ0n) is 5.77. The lowest BCUT2D eigenvalue weighted by Crippen LogP contribution is -2.16. The maximum absolute atomic E-state index is 5.37. The van der Waals surface area contributed by atoms with E-state index < -0.39 is 0 Å². The third-order valence-electron chi connectivity index (χ3n) is 1.23. The molecular weight excluding hydrogens is 152 g/mol. The van der Waals surface area contributed by atoms with Crippen LogP contribution in [0.4, 0.5) is 0 Å². The van der Waals surface area contributed by atoms with Crippen molar-refractivity contribution in [2.75, 3.05) is 6.54 Å². The van der Waals surface area contributed by atoms with E-state index in [0.29, 0.717) is 6.54 Å². The van der Waals surface area contributed by atoms with Gasteiger partial charge in [0.25, 0.3) is 0 Å². The Morgan fingerprint density at radius 3 is 2.80 bits per heavy atom. The Morgan fingerprint density at radius 1 is 1.70 bits per heavy atom. The Balaban J connectivity index is 0.000000810. The van der Waals surface area contributed by atoms with Crippen molar-refractivity contribution < 1.29 is 0 Å². The van der Waals surface area contributed by atoms with E-state index in [2.05, 4.69) is 10.1 Å². The van der Waals surface area contributed by atoms with Crippen LogP contribution in [0.1, 0.15) is 13.0 Å². The highest BCUT2D eigenvalue weighted by molar-refractivity contribution is 5.85. The van der Waals surface area contributed by atoms with Gasteiger partial charge in [-0.05, 0) is 6.92 Å². The molecule has 0 saturated carbocycles. The highest BCUT2D eigenvalue weighted by Crippen LogP contribution is 1.96. The van der Waals surface area contributed by atoms with Crippen LogP contribution in [0.25, 0.3) is 0 Å². The minimum Gasteiger partial charge on any atom is -0.328 e. The maximum atomic E-state index is 5.37. The number of hydrogen-bond donors (Lipinski definition) is 1. The number of nitrogens with two attached hydrogens (primary N) is 1. The van der Waals surface area contributed by atoms with Gasteiger partial charge in [-0.1, -0.05) is 0 Å². The van der Waals surface area contributed by atoms with E-state index in [1.807, 2.05) is 6.92 Å². The first-order valence-electron chi connectivity index (χ1n) is 2.88. The molecular formula is C5H11ClN4. The van der Waals surface area contributed by atoms with Crippen LogP contribution >= 0.6 is 12.4 Å². The summed E-state index contributed by atoms with van der Waals surface area (Å²) in [5, 5.41) is 3.91. The second kappa shape index (κ2) is 4.24. The molecule has 1 unspecified atom stereocenters. The number of rotatable bonds is 2. The van der Waals surface area contributed by atoms with Crippen LogP contribution in [0.3, 0.4) is 0 Å². The van der Waals surface area contributed by atoms with Crippen molar-refractivity contribution in [2.24, 2.45) is 5.73 Å². The van der Waals surface area contributed by atoms with Gasteiger partial charge in [-0.15, -0.1) is 12.4 Å². The molecule has 0 aliphatic heterocycles. The first-order valence-corrected chi connectivity index (χ1v) is 2.88. The van der Waals surface area contributed by atoms with Crippen molar-refractivity contribution in [3.8, 4) is 0 Å². The van der Waals surface area contributed by atoms with Crippen LogP contribution in [0.15, 0.2) is 12.7 Å². The fourth-order valence-corrected chi connectivity index (χ4v) is 0.553. The lowest BCUT2D eigenvalue weighted by molar-refractivity contribution is 0.499. The third-order valence-corrected chi connectivity index (χ3v) is 1.23. The summed E-state index contributed by atoms with van der Waals surface area (Å²) in [5.41, 5.74) is 5.37. The van der Waals surface area contributed by atoms with Gasteiger partial charge >= 0.3 is 0 Å². The van der Waals surface area contributed by atoms with E-state index >= 15 is 0 Å². The van der Waals surface area contributed by atoms with Gasteiger partial charge < -0.3 is 5.73 Å². The third kappa shape index (κ3) is 1.97. The first-order chi connectivity index (χ1) is 4.34. The summed E-state index contributed by atoms with van der Waals surface area (Å²) in [5.74, 6) is 0. The zero-order chi connectivity index (χ0) is 6.69. The van der Waals surface area contributed by atoms with Gasteiger partial charge in [-0.3, -0.25) is 0 Å². The summed E-state index contributed by atoms with van der Waals surface area (Å²) >= 11 is 0. The molecule has 0 aromatic carbocycles. The average molecular weight is 163 g/mol. The minimum atomic E-state index is 0. The molecule has 1 aromatic heterocycles. The highest BCUT2D eigenvalue weighted by atomic mass is 35.5. The van der Waals surface area contributed by atoms with E-state index in [1.54, 1.807) is 11.0 Å². The molecule has 0 aliphatic rings. The highest BCUT2D eigenvalue weighted by Gasteiger charge is 1.98. The van der Waals surface area contributed by atoms with Crippen LogP contribution in [0.5, 0.6) is 0 Å². The Labute approximate surface area is 65.8 Å². The molecule has 0 bridgehead atoms. The van der Waals surface area contributed by atoms with Crippen LogP contribution in [-0.4, -0.2) is 21.3 Å². The predicted molar refractivity (Wildman–Crippen MR) is 41.0 cm³/mol. The van der Waals surface area contributed by atoms with E-state index in [-0.39, 0.29) is 18.4 Å². The fourth-order valence-electron chi connectivity index (χ4n) is 0.553. The van der Waals surface area contributed by atoms with Crippen molar-refractivity contribution in [3.05, 3.63) is 12.7 Å². The second-order valence-corrected chi connectivity index (χ2v) is 1.96. The normalized spacial score (nSPS) is 12.2. The lowest BCUT2D eigenvalue weighted by Gasteiger charge is -2.05. The molecule has 4 nitrogen and oxygen atoms in total.